The van der Waals surface area contributed by atoms with Gasteiger partial charge >= 0.3 is 0 Å². The van der Waals surface area contributed by atoms with Crippen LogP contribution in [0.4, 0.5) is 0 Å². The first kappa shape index (κ1) is 13.2. The van der Waals surface area contributed by atoms with Gasteiger partial charge in [-0.25, -0.2) is 0 Å². The Morgan fingerprint density at radius 1 is 1.21 bits per heavy atom. The number of hydrogen-bond acceptors (Lipinski definition) is 3. The van der Waals surface area contributed by atoms with Gasteiger partial charge in [-0.1, -0.05) is 30.3 Å². The van der Waals surface area contributed by atoms with Crippen LogP contribution >= 0.6 is 23.1 Å². The van der Waals surface area contributed by atoms with Crippen LogP contribution in [0.3, 0.4) is 0 Å². The fourth-order valence-corrected chi connectivity index (χ4v) is 4.82. The third-order valence-corrected chi connectivity index (χ3v) is 5.87. The van der Waals surface area contributed by atoms with Crippen molar-refractivity contribution in [3.63, 3.8) is 0 Å². The largest absolute Gasteiger partial charge is 0.388 e. The fraction of sp³-hybridized carbons (Fsp3) is 0.375. The molecule has 19 heavy (non-hydrogen) atoms. The van der Waals surface area contributed by atoms with E-state index < -0.39 is 0 Å². The van der Waals surface area contributed by atoms with Gasteiger partial charge in [0.2, 0.25) is 0 Å². The van der Waals surface area contributed by atoms with Crippen LogP contribution in [0.15, 0.2) is 36.4 Å². The van der Waals surface area contributed by atoms with Gasteiger partial charge in [-0.2, -0.15) is 11.8 Å². The Bertz CT molecular complexity index is 509. The van der Waals surface area contributed by atoms with Crippen LogP contribution in [0.1, 0.15) is 33.4 Å². The van der Waals surface area contributed by atoms with E-state index in [4.69, 9.17) is 0 Å². The molecule has 1 nitrogen and oxygen atoms in total. The van der Waals surface area contributed by atoms with Crippen LogP contribution in [0.25, 0.3) is 0 Å². The second-order valence-electron chi connectivity index (χ2n) is 4.94. The molecule has 2 aromatic rings. The van der Waals surface area contributed by atoms with Gasteiger partial charge < -0.3 is 5.11 Å². The van der Waals surface area contributed by atoms with Crippen LogP contribution < -0.4 is 0 Å². The SMILES string of the molecule is OC(CCc1ccccc1)c1cc2c(s1)CCSC2. The molecule has 0 aliphatic carbocycles. The number of aliphatic hydroxyl groups excluding tert-OH is 1. The molecule has 1 unspecified atom stereocenters. The summed E-state index contributed by atoms with van der Waals surface area (Å²) in [4.78, 5) is 2.65. The first-order chi connectivity index (χ1) is 9.33. The maximum atomic E-state index is 10.3. The van der Waals surface area contributed by atoms with Gasteiger partial charge in [0, 0.05) is 15.5 Å². The van der Waals surface area contributed by atoms with E-state index in [1.54, 1.807) is 0 Å². The van der Waals surface area contributed by atoms with Gasteiger partial charge in [0.1, 0.15) is 0 Å². The maximum absolute atomic E-state index is 10.3. The zero-order valence-corrected chi connectivity index (χ0v) is 12.5. The lowest BCUT2D eigenvalue weighted by atomic mass is 10.1. The van der Waals surface area contributed by atoms with Crippen LogP contribution in [0.5, 0.6) is 0 Å². The molecule has 100 valence electrons. The van der Waals surface area contributed by atoms with Gasteiger partial charge in [-0.05, 0) is 42.2 Å². The van der Waals surface area contributed by atoms with Crippen molar-refractivity contribution in [2.24, 2.45) is 0 Å². The van der Waals surface area contributed by atoms with E-state index in [1.165, 1.54) is 28.2 Å². The Hall–Kier alpha value is -0.770. The van der Waals surface area contributed by atoms with Crippen molar-refractivity contribution >= 4 is 23.1 Å². The smallest absolute Gasteiger partial charge is 0.0885 e. The normalized spacial score (nSPS) is 16.1. The quantitative estimate of drug-likeness (QED) is 0.910. The third kappa shape index (κ3) is 3.22. The predicted octanol–water partition coefficient (Wildman–Crippen LogP) is 4.20. The van der Waals surface area contributed by atoms with Crippen molar-refractivity contribution < 1.29 is 5.11 Å². The molecule has 0 saturated heterocycles. The number of aliphatic hydroxyl groups is 1. The molecular weight excluding hydrogens is 272 g/mol. The Labute approximate surface area is 122 Å². The Morgan fingerprint density at radius 3 is 2.84 bits per heavy atom. The van der Waals surface area contributed by atoms with Crippen LogP contribution in [0.2, 0.25) is 0 Å². The average molecular weight is 290 g/mol. The summed E-state index contributed by atoms with van der Waals surface area (Å²) in [7, 11) is 0. The van der Waals surface area contributed by atoms with Crippen LogP contribution in [-0.2, 0) is 18.6 Å². The van der Waals surface area contributed by atoms with Gasteiger partial charge in [0.05, 0.1) is 6.10 Å². The molecule has 1 atom stereocenters. The van der Waals surface area contributed by atoms with Crippen molar-refractivity contribution in [1.29, 1.82) is 0 Å². The molecule has 3 heteroatoms. The summed E-state index contributed by atoms with van der Waals surface area (Å²) in [5.74, 6) is 2.35. The number of aryl methyl sites for hydroxylation is 2. The lowest BCUT2D eigenvalue weighted by molar-refractivity contribution is 0.171. The van der Waals surface area contributed by atoms with Gasteiger partial charge in [-0.3, -0.25) is 0 Å². The summed E-state index contributed by atoms with van der Waals surface area (Å²) in [6.07, 6.45) is 2.63. The minimum Gasteiger partial charge on any atom is -0.388 e. The summed E-state index contributed by atoms with van der Waals surface area (Å²) < 4.78 is 0. The molecule has 1 aliphatic heterocycles. The fourth-order valence-electron chi connectivity index (χ4n) is 2.42. The van der Waals surface area contributed by atoms with Crippen molar-refractivity contribution in [2.75, 3.05) is 5.75 Å². The highest BCUT2D eigenvalue weighted by Crippen LogP contribution is 2.35. The lowest BCUT2D eigenvalue weighted by Gasteiger charge is -2.08. The van der Waals surface area contributed by atoms with Crippen molar-refractivity contribution in [1.82, 2.24) is 0 Å². The first-order valence-corrected chi connectivity index (χ1v) is 8.71. The molecule has 3 rings (SSSR count). The molecule has 0 fully saturated rings. The van der Waals surface area contributed by atoms with Gasteiger partial charge in [0.25, 0.3) is 0 Å². The van der Waals surface area contributed by atoms with E-state index in [-0.39, 0.29) is 6.10 Å². The van der Waals surface area contributed by atoms with Crippen molar-refractivity contribution in [3.05, 3.63) is 57.3 Å². The number of rotatable bonds is 4. The number of fused-ring (bicyclic) bond motifs is 1. The van der Waals surface area contributed by atoms with Crippen molar-refractivity contribution in [3.8, 4) is 0 Å². The first-order valence-electron chi connectivity index (χ1n) is 6.74. The molecule has 1 aromatic heterocycles. The van der Waals surface area contributed by atoms with Gasteiger partial charge in [0.15, 0.2) is 0 Å². The predicted molar refractivity (Wildman–Crippen MR) is 83.9 cm³/mol. The minimum atomic E-state index is -0.305. The van der Waals surface area contributed by atoms with E-state index in [9.17, 15) is 5.11 Å². The van der Waals surface area contributed by atoms with E-state index in [0.29, 0.717) is 0 Å². The Kier molecular flexibility index (Phi) is 4.26. The molecular formula is C16H18OS2. The number of benzene rings is 1. The molecule has 1 aromatic carbocycles. The molecule has 0 radical (unpaired) electrons. The Morgan fingerprint density at radius 2 is 2.05 bits per heavy atom. The van der Waals surface area contributed by atoms with Crippen LogP contribution in [-0.4, -0.2) is 10.9 Å². The molecule has 2 heterocycles. The topological polar surface area (TPSA) is 20.2 Å². The Balaban J connectivity index is 1.64. The highest BCUT2D eigenvalue weighted by Gasteiger charge is 2.17. The van der Waals surface area contributed by atoms with E-state index >= 15 is 0 Å². The second-order valence-corrected chi connectivity index (χ2v) is 7.21. The van der Waals surface area contributed by atoms with E-state index in [2.05, 4.69) is 30.3 Å². The summed E-state index contributed by atoms with van der Waals surface area (Å²) in [6, 6.07) is 12.6. The summed E-state index contributed by atoms with van der Waals surface area (Å²) in [5.41, 5.74) is 2.76. The second kappa shape index (κ2) is 6.12. The monoisotopic (exact) mass is 290 g/mol. The number of thiophene rings is 1. The molecule has 1 aliphatic rings. The van der Waals surface area contributed by atoms with Crippen LogP contribution in [0, 0.1) is 0 Å². The number of hydrogen-bond donors (Lipinski definition) is 1. The zero-order valence-electron chi connectivity index (χ0n) is 10.8. The summed E-state index contributed by atoms with van der Waals surface area (Å²) in [5, 5.41) is 10.3. The highest BCUT2D eigenvalue weighted by molar-refractivity contribution is 7.98. The number of thioether (sulfide) groups is 1. The summed E-state index contributed by atoms with van der Waals surface area (Å²) in [6.45, 7) is 0. The van der Waals surface area contributed by atoms with Crippen molar-refractivity contribution in [2.45, 2.75) is 31.1 Å². The van der Waals surface area contributed by atoms with E-state index in [0.717, 1.165) is 23.5 Å². The molecule has 0 amide bonds. The van der Waals surface area contributed by atoms with Gasteiger partial charge in [-0.15, -0.1) is 11.3 Å². The maximum Gasteiger partial charge on any atom is 0.0885 e. The standard InChI is InChI=1S/C16H18OS2/c17-14(7-6-12-4-2-1-3-5-12)16-10-13-11-18-9-8-15(13)19-16/h1-5,10,14,17H,6-9,11H2. The molecule has 0 bridgehead atoms. The average Bonchev–Trinajstić information content (AvgIpc) is 2.90. The highest BCUT2D eigenvalue weighted by atomic mass is 32.2. The minimum absolute atomic E-state index is 0.305. The molecule has 0 spiro atoms. The zero-order chi connectivity index (χ0) is 13.1. The molecule has 1 N–H and O–H groups in total. The lowest BCUT2D eigenvalue weighted by Crippen LogP contribution is -1.97. The molecule has 0 saturated carbocycles. The van der Waals surface area contributed by atoms with E-state index in [1.807, 2.05) is 29.2 Å². The summed E-state index contributed by atoms with van der Waals surface area (Å²) >= 11 is 3.81. The third-order valence-electron chi connectivity index (χ3n) is 3.52.